The molecule has 8 nitrogen and oxygen atoms in total. The van der Waals surface area contributed by atoms with Gasteiger partial charge >= 0.3 is 0 Å². The number of hydrogen-bond acceptors (Lipinski definition) is 7. The predicted molar refractivity (Wildman–Crippen MR) is 125 cm³/mol. The highest BCUT2D eigenvalue weighted by Gasteiger charge is 2.18. The molecule has 0 saturated carbocycles. The Labute approximate surface area is 187 Å². The highest BCUT2D eigenvalue weighted by molar-refractivity contribution is 7.99. The number of nitrogens with zero attached hydrogens (tertiary/aromatic N) is 4. The quantitative estimate of drug-likeness (QED) is 0.382. The first-order valence-electron chi connectivity index (χ1n) is 10.1. The third-order valence-electron chi connectivity index (χ3n) is 4.70. The van der Waals surface area contributed by atoms with Crippen LogP contribution in [0, 0.1) is 0 Å². The minimum absolute atomic E-state index is 0.0388. The Balaban J connectivity index is 1.54. The zero-order chi connectivity index (χ0) is 21.8. The van der Waals surface area contributed by atoms with E-state index in [1.54, 1.807) is 16.7 Å². The third-order valence-corrected chi connectivity index (χ3v) is 6.52. The molecule has 0 fully saturated rings. The molecule has 0 aliphatic carbocycles. The normalized spacial score (nSPS) is 11.3. The molecule has 0 aliphatic heterocycles. The number of nitrogens with one attached hydrogen (secondary N) is 1. The third kappa shape index (κ3) is 4.45. The average molecular weight is 458 g/mol. The summed E-state index contributed by atoms with van der Waals surface area (Å²) < 4.78 is 9.64. The largest absolute Gasteiger partial charge is 0.494 e. The van der Waals surface area contributed by atoms with Gasteiger partial charge in [0, 0.05) is 12.2 Å². The van der Waals surface area contributed by atoms with Crippen molar-refractivity contribution in [3.05, 3.63) is 46.1 Å². The molecule has 3 heterocycles. The summed E-state index contributed by atoms with van der Waals surface area (Å²) >= 11 is 2.70. The fraction of sp³-hybridized carbons (Fsp3) is 0.333. The van der Waals surface area contributed by atoms with Gasteiger partial charge in [-0.1, -0.05) is 25.1 Å². The van der Waals surface area contributed by atoms with Gasteiger partial charge in [0.1, 0.15) is 10.4 Å². The Morgan fingerprint density at radius 3 is 2.74 bits per heavy atom. The minimum atomic E-state index is -0.147. The van der Waals surface area contributed by atoms with Crippen molar-refractivity contribution in [2.45, 2.75) is 38.4 Å². The van der Waals surface area contributed by atoms with Gasteiger partial charge in [-0.05, 0) is 49.1 Å². The summed E-state index contributed by atoms with van der Waals surface area (Å²) in [7, 11) is 0. The Hall–Kier alpha value is -2.85. The highest BCUT2D eigenvalue weighted by Crippen LogP contribution is 2.25. The molecule has 162 valence electrons. The van der Waals surface area contributed by atoms with E-state index in [1.165, 1.54) is 23.1 Å². The fourth-order valence-corrected chi connectivity index (χ4v) is 4.80. The molecule has 3 aromatic heterocycles. The number of carbonyl (C=O) groups is 1. The van der Waals surface area contributed by atoms with E-state index >= 15 is 0 Å². The smallest absolute Gasteiger partial charge is 0.272 e. The molecule has 0 aliphatic rings. The number of benzene rings is 1. The molecule has 0 saturated heterocycles. The molecule has 0 spiro atoms. The van der Waals surface area contributed by atoms with Gasteiger partial charge in [0.05, 0.1) is 17.9 Å². The van der Waals surface area contributed by atoms with Crippen molar-refractivity contribution in [3.63, 3.8) is 0 Å². The second-order valence-corrected chi connectivity index (χ2v) is 8.72. The van der Waals surface area contributed by atoms with E-state index in [0.29, 0.717) is 34.5 Å². The van der Waals surface area contributed by atoms with E-state index < -0.39 is 0 Å². The Morgan fingerprint density at radius 1 is 1.19 bits per heavy atom. The van der Waals surface area contributed by atoms with Crippen LogP contribution >= 0.6 is 23.1 Å². The summed E-state index contributed by atoms with van der Waals surface area (Å²) in [5, 5.41) is 13.9. The monoisotopic (exact) mass is 457 g/mol. The van der Waals surface area contributed by atoms with Gasteiger partial charge in [-0.2, -0.15) is 0 Å². The van der Waals surface area contributed by atoms with E-state index in [9.17, 15) is 9.59 Å². The molecule has 31 heavy (non-hydrogen) atoms. The van der Waals surface area contributed by atoms with Crippen molar-refractivity contribution in [3.8, 4) is 5.75 Å². The van der Waals surface area contributed by atoms with Gasteiger partial charge < -0.3 is 10.1 Å². The van der Waals surface area contributed by atoms with Crippen molar-refractivity contribution in [2.75, 3.05) is 17.7 Å². The van der Waals surface area contributed by atoms with Crippen molar-refractivity contribution < 1.29 is 9.53 Å². The SMILES string of the molecule is CCCCn1c(=O)c2sccc2n2c(SCC(=O)Nc3ccc(OCC)cc3)nnc12. The van der Waals surface area contributed by atoms with Crippen LogP contribution in [0.15, 0.2) is 45.7 Å². The van der Waals surface area contributed by atoms with Crippen LogP contribution in [-0.4, -0.2) is 37.4 Å². The summed E-state index contributed by atoms with van der Waals surface area (Å²) in [5.41, 5.74) is 1.44. The van der Waals surface area contributed by atoms with Gasteiger partial charge in [-0.15, -0.1) is 21.5 Å². The molecular weight excluding hydrogens is 434 g/mol. The van der Waals surface area contributed by atoms with Crippen LogP contribution < -0.4 is 15.6 Å². The predicted octanol–water partition coefficient (Wildman–Crippen LogP) is 4.04. The summed E-state index contributed by atoms with van der Waals surface area (Å²) in [6, 6.07) is 9.15. The molecule has 0 unspecified atom stereocenters. The molecule has 4 aromatic rings. The van der Waals surface area contributed by atoms with E-state index in [-0.39, 0.29) is 17.2 Å². The summed E-state index contributed by atoms with van der Waals surface area (Å²) in [5.74, 6) is 1.30. The summed E-state index contributed by atoms with van der Waals surface area (Å²) in [6.45, 7) is 5.19. The molecule has 4 rings (SSSR count). The molecule has 1 aromatic carbocycles. The van der Waals surface area contributed by atoms with Crippen LogP contribution in [0.4, 0.5) is 5.69 Å². The fourth-order valence-electron chi connectivity index (χ4n) is 3.24. The molecule has 0 atom stereocenters. The molecule has 1 N–H and O–H groups in total. The first-order valence-corrected chi connectivity index (χ1v) is 12.0. The van der Waals surface area contributed by atoms with E-state index in [0.717, 1.165) is 24.1 Å². The Kier molecular flexibility index (Phi) is 6.57. The lowest BCUT2D eigenvalue weighted by Gasteiger charge is -2.09. The van der Waals surface area contributed by atoms with Crippen LogP contribution in [0.1, 0.15) is 26.7 Å². The van der Waals surface area contributed by atoms with Gasteiger partial charge in [0.2, 0.25) is 11.7 Å². The number of fused-ring (bicyclic) bond motifs is 3. The van der Waals surface area contributed by atoms with Crippen LogP contribution in [0.25, 0.3) is 16.0 Å². The number of hydrogen-bond donors (Lipinski definition) is 1. The van der Waals surface area contributed by atoms with Gasteiger partial charge in [-0.25, -0.2) is 0 Å². The zero-order valence-corrected chi connectivity index (χ0v) is 19.0. The number of amides is 1. The average Bonchev–Trinajstić information content (AvgIpc) is 3.41. The topological polar surface area (TPSA) is 90.5 Å². The number of thiophene rings is 1. The number of aryl methyl sites for hydroxylation is 1. The van der Waals surface area contributed by atoms with Gasteiger partial charge in [0.25, 0.3) is 5.56 Å². The molecule has 0 radical (unpaired) electrons. The molecule has 1 amide bonds. The van der Waals surface area contributed by atoms with Crippen LogP contribution in [0.5, 0.6) is 5.75 Å². The lowest BCUT2D eigenvalue weighted by Crippen LogP contribution is -2.22. The molecule has 0 bridgehead atoms. The number of unbranched alkanes of at least 4 members (excludes halogenated alkanes) is 1. The van der Waals surface area contributed by atoms with Crippen molar-refractivity contribution in [1.82, 2.24) is 19.2 Å². The first-order chi connectivity index (χ1) is 15.1. The van der Waals surface area contributed by atoms with Crippen LogP contribution in [-0.2, 0) is 11.3 Å². The lowest BCUT2D eigenvalue weighted by molar-refractivity contribution is -0.113. The van der Waals surface area contributed by atoms with Crippen molar-refractivity contribution in [2.24, 2.45) is 0 Å². The van der Waals surface area contributed by atoms with E-state index in [1.807, 2.05) is 34.9 Å². The minimum Gasteiger partial charge on any atom is -0.494 e. The number of rotatable bonds is 9. The number of carbonyl (C=O) groups excluding carboxylic acids is 1. The van der Waals surface area contributed by atoms with Crippen molar-refractivity contribution >= 4 is 50.7 Å². The highest BCUT2D eigenvalue weighted by atomic mass is 32.2. The zero-order valence-electron chi connectivity index (χ0n) is 17.3. The maximum atomic E-state index is 12.9. The Bertz CT molecular complexity index is 1260. The maximum absolute atomic E-state index is 12.9. The first kappa shape index (κ1) is 21.4. The number of ether oxygens (including phenoxy) is 1. The maximum Gasteiger partial charge on any atom is 0.272 e. The molecular formula is C21H23N5O3S2. The number of aromatic nitrogens is 4. The summed E-state index contributed by atoms with van der Waals surface area (Å²) in [4.78, 5) is 25.3. The van der Waals surface area contributed by atoms with Gasteiger partial charge in [-0.3, -0.25) is 18.6 Å². The van der Waals surface area contributed by atoms with Crippen LogP contribution in [0.2, 0.25) is 0 Å². The Morgan fingerprint density at radius 2 is 2.00 bits per heavy atom. The second-order valence-electron chi connectivity index (χ2n) is 6.86. The van der Waals surface area contributed by atoms with Crippen LogP contribution in [0.3, 0.4) is 0 Å². The summed E-state index contributed by atoms with van der Waals surface area (Å²) in [6.07, 6.45) is 1.86. The van der Waals surface area contributed by atoms with Crippen molar-refractivity contribution in [1.29, 1.82) is 0 Å². The second kappa shape index (κ2) is 9.52. The van der Waals surface area contributed by atoms with Gasteiger partial charge in [0.15, 0.2) is 5.16 Å². The van der Waals surface area contributed by atoms with E-state index in [4.69, 9.17) is 4.74 Å². The lowest BCUT2D eigenvalue weighted by atomic mass is 10.3. The van der Waals surface area contributed by atoms with E-state index in [2.05, 4.69) is 22.4 Å². The molecule has 10 heteroatoms. The number of anilines is 1. The standard InChI is InChI=1S/C21H23N5O3S2/c1-3-5-11-25-19(28)18-16(10-12-30-18)26-20(25)23-24-21(26)31-13-17(27)22-14-6-8-15(9-7-14)29-4-2/h6-10,12H,3-5,11,13H2,1-2H3,(H,22,27). The number of thioether (sulfide) groups is 1.